The van der Waals surface area contributed by atoms with Crippen LogP contribution < -0.4 is 15.9 Å². The Bertz CT molecular complexity index is 3010. The Morgan fingerprint density at radius 3 is 1.75 bits per heavy atom. The molecular formula is C46H29N2OPS. The van der Waals surface area contributed by atoms with Gasteiger partial charge in [0.1, 0.15) is 0 Å². The number of hydrogen-bond donors (Lipinski definition) is 0. The maximum absolute atomic E-state index is 15.7. The van der Waals surface area contributed by atoms with E-state index in [1.807, 2.05) is 78.3 Å². The number of hydrogen-bond acceptors (Lipinski definition) is 4. The smallest absolute Gasteiger partial charge is 0.171 e. The summed E-state index contributed by atoms with van der Waals surface area (Å²) in [6.07, 6.45) is 3.85. The lowest BCUT2D eigenvalue weighted by atomic mass is 10.0. The number of fused-ring (bicyclic) bond motifs is 7. The van der Waals surface area contributed by atoms with E-state index in [9.17, 15) is 0 Å². The van der Waals surface area contributed by atoms with E-state index in [1.54, 1.807) is 0 Å². The van der Waals surface area contributed by atoms with Crippen LogP contribution in [-0.2, 0) is 4.57 Å². The molecule has 10 rings (SSSR count). The minimum Gasteiger partial charge on any atom is -0.309 e. The highest BCUT2D eigenvalue weighted by molar-refractivity contribution is 7.85. The molecule has 1 atom stereocenters. The Morgan fingerprint density at radius 2 is 0.980 bits per heavy atom. The van der Waals surface area contributed by atoms with Gasteiger partial charge in [-0.05, 0) is 63.0 Å². The van der Waals surface area contributed by atoms with Gasteiger partial charge in [0.25, 0.3) is 0 Å². The van der Waals surface area contributed by atoms with Gasteiger partial charge in [0.2, 0.25) is 0 Å². The average molecular weight is 689 g/mol. The van der Waals surface area contributed by atoms with Crippen molar-refractivity contribution in [2.75, 3.05) is 0 Å². The van der Waals surface area contributed by atoms with Crippen molar-refractivity contribution in [2.45, 2.75) is 0 Å². The zero-order chi connectivity index (χ0) is 33.9. The van der Waals surface area contributed by atoms with Crippen LogP contribution in [0.25, 0.3) is 75.0 Å². The molecule has 0 amide bonds. The first-order valence-corrected chi connectivity index (χ1v) is 19.5. The van der Waals surface area contributed by atoms with Crippen molar-refractivity contribution in [3.8, 4) is 22.3 Å². The van der Waals surface area contributed by atoms with Gasteiger partial charge < -0.3 is 4.57 Å². The minimum atomic E-state index is -3.26. The molecular weight excluding hydrogens is 660 g/mol. The number of rotatable bonds is 5. The molecule has 51 heavy (non-hydrogen) atoms. The second-order valence-corrected chi connectivity index (χ2v) is 16.8. The summed E-state index contributed by atoms with van der Waals surface area (Å²) < 4.78 is 18.3. The Hall–Kier alpha value is -5.93. The highest BCUT2D eigenvalue weighted by atomic mass is 32.1. The van der Waals surface area contributed by atoms with Gasteiger partial charge in [-0.3, -0.25) is 9.97 Å². The molecule has 10 aromatic rings. The summed E-state index contributed by atoms with van der Waals surface area (Å²) in [5, 5.41) is 9.42. The van der Waals surface area contributed by atoms with E-state index >= 15 is 4.57 Å². The molecule has 0 aliphatic heterocycles. The van der Waals surface area contributed by atoms with Crippen LogP contribution in [0.2, 0.25) is 0 Å². The fourth-order valence-corrected chi connectivity index (χ4v) is 11.5. The zero-order valence-electron chi connectivity index (χ0n) is 27.4. The van der Waals surface area contributed by atoms with Crippen molar-refractivity contribution in [1.29, 1.82) is 0 Å². The summed E-state index contributed by atoms with van der Waals surface area (Å²) in [4.78, 5) is 9.71. The quantitative estimate of drug-likeness (QED) is 0.134. The second-order valence-electron chi connectivity index (χ2n) is 12.9. The van der Waals surface area contributed by atoms with E-state index in [2.05, 4.69) is 109 Å². The first-order valence-electron chi connectivity index (χ1n) is 17.0. The molecule has 0 aliphatic rings. The van der Waals surface area contributed by atoms with E-state index < -0.39 is 7.14 Å². The van der Waals surface area contributed by atoms with Crippen molar-refractivity contribution in [1.82, 2.24) is 9.97 Å². The first kappa shape index (κ1) is 29.9. The third kappa shape index (κ3) is 4.91. The lowest BCUT2D eigenvalue weighted by molar-refractivity contribution is 0.592. The van der Waals surface area contributed by atoms with Crippen LogP contribution in [0.3, 0.4) is 0 Å². The van der Waals surface area contributed by atoms with Crippen LogP contribution in [0.15, 0.2) is 176 Å². The molecule has 5 heteroatoms. The van der Waals surface area contributed by atoms with E-state index in [-0.39, 0.29) is 0 Å². The number of pyridine rings is 2. The van der Waals surface area contributed by atoms with Crippen molar-refractivity contribution in [3.05, 3.63) is 176 Å². The fourth-order valence-electron chi connectivity index (χ4n) is 7.45. The Morgan fingerprint density at radius 1 is 0.412 bits per heavy atom. The van der Waals surface area contributed by atoms with E-state index in [0.717, 1.165) is 70.7 Å². The summed E-state index contributed by atoms with van der Waals surface area (Å²) in [5.41, 5.74) is 5.82. The molecule has 240 valence electrons. The molecule has 3 heterocycles. The lowest BCUT2D eigenvalue weighted by Crippen LogP contribution is -2.25. The largest absolute Gasteiger partial charge is 0.309 e. The predicted octanol–water partition coefficient (Wildman–Crippen LogP) is 11.3. The molecule has 7 aromatic carbocycles. The molecule has 3 aromatic heterocycles. The van der Waals surface area contributed by atoms with Crippen LogP contribution >= 0.6 is 18.5 Å². The summed E-state index contributed by atoms with van der Waals surface area (Å²) in [6.45, 7) is 0. The topological polar surface area (TPSA) is 42.9 Å². The Labute approximate surface area is 298 Å². The highest BCUT2D eigenvalue weighted by Gasteiger charge is 2.32. The second kappa shape index (κ2) is 11.8. The van der Waals surface area contributed by atoms with Gasteiger partial charge in [-0.2, -0.15) is 0 Å². The summed E-state index contributed by atoms with van der Waals surface area (Å²) >= 11 is 1.82. The molecule has 3 nitrogen and oxygen atoms in total. The van der Waals surface area contributed by atoms with Crippen molar-refractivity contribution < 1.29 is 4.57 Å². The highest BCUT2D eigenvalue weighted by Crippen LogP contribution is 2.46. The van der Waals surface area contributed by atoms with Gasteiger partial charge >= 0.3 is 0 Å². The van der Waals surface area contributed by atoms with Gasteiger partial charge in [0.15, 0.2) is 7.14 Å². The molecule has 0 saturated heterocycles. The lowest BCUT2D eigenvalue weighted by Gasteiger charge is -2.23. The maximum atomic E-state index is 15.7. The minimum absolute atomic E-state index is 0.796. The number of thiophene rings is 1. The van der Waals surface area contributed by atoms with E-state index in [4.69, 9.17) is 9.97 Å². The SMILES string of the molecule is O=P(c1ccccc1)(c1ccc(-c2cnc3cc(-c4ccc5c(c4)sc4ccccc45)cnc3c2)cc1)c1cc2ccccc2c2ccccc12. The molecule has 0 spiro atoms. The van der Waals surface area contributed by atoms with Crippen molar-refractivity contribution >= 4 is 87.1 Å². The summed E-state index contributed by atoms with van der Waals surface area (Å²) in [6, 6.07) is 56.3. The van der Waals surface area contributed by atoms with Gasteiger partial charge in [-0.25, -0.2) is 0 Å². The van der Waals surface area contributed by atoms with Gasteiger partial charge in [0.05, 0.1) is 11.0 Å². The first-order chi connectivity index (χ1) is 25.1. The molecule has 1 unspecified atom stereocenters. The predicted molar refractivity (Wildman–Crippen MR) is 218 cm³/mol. The number of nitrogens with zero attached hydrogens (tertiary/aromatic N) is 2. The molecule has 0 N–H and O–H groups in total. The summed E-state index contributed by atoms with van der Waals surface area (Å²) in [5.74, 6) is 0. The van der Waals surface area contributed by atoms with Crippen LogP contribution in [0.4, 0.5) is 0 Å². The number of aromatic nitrogens is 2. The van der Waals surface area contributed by atoms with E-state index in [1.165, 1.54) is 20.2 Å². The third-order valence-corrected chi connectivity index (χ3v) is 14.2. The normalized spacial score (nSPS) is 12.9. The molecule has 0 bridgehead atoms. The van der Waals surface area contributed by atoms with Gasteiger partial charge in [-0.1, -0.05) is 133 Å². The van der Waals surface area contributed by atoms with E-state index in [0.29, 0.717) is 0 Å². The number of benzene rings is 7. The van der Waals surface area contributed by atoms with Crippen LogP contribution in [0, 0.1) is 0 Å². The van der Waals surface area contributed by atoms with Gasteiger partial charge in [0, 0.05) is 59.6 Å². The van der Waals surface area contributed by atoms with Crippen LogP contribution in [0.5, 0.6) is 0 Å². The van der Waals surface area contributed by atoms with Crippen molar-refractivity contribution in [3.63, 3.8) is 0 Å². The van der Waals surface area contributed by atoms with Crippen molar-refractivity contribution in [2.24, 2.45) is 0 Å². The third-order valence-electron chi connectivity index (χ3n) is 10.0. The fraction of sp³-hybridized carbons (Fsp3) is 0. The van der Waals surface area contributed by atoms with Crippen LogP contribution in [-0.4, -0.2) is 9.97 Å². The Balaban J connectivity index is 1.03. The Kier molecular flexibility index (Phi) is 6.95. The molecule has 0 fully saturated rings. The molecule has 0 aliphatic carbocycles. The molecule has 0 radical (unpaired) electrons. The average Bonchev–Trinajstić information content (AvgIpc) is 3.58. The molecule has 0 saturated carbocycles. The zero-order valence-corrected chi connectivity index (χ0v) is 29.1. The standard InChI is InChI=1S/C46H29N2OPS/c49-50(35-11-2-1-3-12-35,44-26-32-10-4-5-13-37(32)38-14-6-7-15-39(38)44)36-21-18-30(19-22-36)33-24-42-43(47-28-33)25-34(29-48-42)31-20-23-41-40-16-8-9-17-45(40)51-46(41)27-31/h1-29H. The monoisotopic (exact) mass is 688 g/mol. The maximum Gasteiger partial charge on any atom is 0.171 e. The van der Waals surface area contributed by atoms with Gasteiger partial charge in [-0.15, -0.1) is 11.3 Å². The van der Waals surface area contributed by atoms with Crippen LogP contribution in [0.1, 0.15) is 0 Å². The summed E-state index contributed by atoms with van der Waals surface area (Å²) in [7, 11) is -3.26.